The molecular weight excluding hydrogens is 142 g/mol. The van der Waals surface area contributed by atoms with E-state index in [-0.39, 0.29) is 12.0 Å². The van der Waals surface area contributed by atoms with Crippen LogP contribution in [0.2, 0.25) is 0 Å². The number of hydrogen-bond donors (Lipinski definition) is 0. The highest BCUT2D eigenvalue weighted by Crippen LogP contribution is 2.08. The van der Waals surface area contributed by atoms with Gasteiger partial charge in [0.15, 0.2) is 6.04 Å². The van der Waals surface area contributed by atoms with Gasteiger partial charge in [-0.25, -0.2) is 4.79 Å². The number of esters is 1. The number of carbonyl (C=O) groups excluding carboxylic acids is 1. The molecule has 0 aromatic heterocycles. The molecule has 3 heteroatoms. The smallest absolute Gasteiger partial charge is 0.364 e. The van der Waals surface area contributed by atoms with Crippen molar-refractivity contribution in [2.75, 3.05) is 28.3 Å². The maximum atomic E-state index is 11.2. The number of hydrogen-bond acceptors (Lipinski definition) is 2. The molecule has 0 rings (SSSR count). The van der Waals surface area contributed by atoms with Crippen molar-refractivity contribution >= 4 is 5.97 Å². The van der Waals surface area contributed by atoms with Crippen LogP contribution in [0.3, 0.4) is 0 Å². The minimum absolute atomic E-state index is 0.0417. The second kappa shape index (κ2) is 3.72. The Labute approximate surface area is 68.5 Å². The fourth-order valence-electron chi connectivity index (χ4n) is 1.17. The normalized spacial score (nSPS) is 14.3. The molecule has 0 spiro atoms. The van der Waals surface area contributed by atoms with Gasteiger partial charge in [-0.2, -0.15) is 0 Å². The van der Waals surface area contributed by atoms with Crippen molar-refractivity contribution in [3.8, 4) is 0 Å². The molecule has 11 heavy (non-hydrogen) atoms. The topological polar surface area (TPSA) is 26.3 Å². The fourth-order valence-corrected chi connectivity index (χ4v) is 1.17. The Hall–Kier alpha value is -0.570. The third-order valence-corrected chi connectivity index (χ3v) is 1.79. The van der Waals surface area contributed by atoms with E-state index in [2.05, 4.69) is 4.74 Å². The van der Waals surface area contributed by atoms with Crippen molar-refractivity contribution in [2.24, 2.45) is 0 Å². The van der Waals surface area contributed by atoms with E-state index in [0.29, 0.717) is 4.48 Å². The van der Waals surface area contributed by atoms with E-state index in [1.54, 1.807) is 0 Å². The average molecular weight is 160 g/mol. The van der Waals surface area contributed by atoms with Gasteiger partial charge in [-0.05, 0) is 0 Å². The van der Waals surface area contributed by atoms with Crippen molar-refractivity contribution in [2.45, 2.75) is 19.4 Å². The second-order valence-electron chi connectivity index (χ2n) is 3.56. The first-order chi connectivity index (χ1) is 4.93. The summed E-state index contributed by atoms with van der Waals surface area (Å²) in [6.07, 6.45) is 0.816. The summed E-state index contributed by atoms with van der Waals surface area (Å²) in [5, 5.41) is 0. The van der Waals surface area contributed by atoms with Crippen molar-refractivity contribution in [1.82, 2.24) is 0 Å². The van der Waals surface area contributed by atoms with Gasteiger partial charge in [-0.1, -0.05) is 6.92 Å². The zero-order chi connectivity index (χ0) is 9.07. The van der Waals surface area contributed by atoms with Crippen molar-refractivity contribution in [3.05, 3.63) is 0 Å². The van der Waals surface area contributed by atoms with E-state index in [4.69, 9.17) is 0 Å². The molecule has 1 unspecified atom stereocenters. The highest BCUT2D eigenvalue weighted by molar-refractivity contribution is 5.74. The molecule has 0 aromatic rings. The van der Waals surface area contributed by atoms with E-state index in [0.717, 1.165) is 6.42 Å². The zero-order valence-electron chi connectivity index (χ0n) is 8.05. The van der Waals surface area contributed by atoms with Crippen molar-refractivity contribution in [3.63, 3.8) is 0 Å². The first kappa shape index (κ1) is 10.4. The first-order valence-electron chi connectivity index (χ1n) is 3.82. The zero-order valence-corrected chi connectivity index (χ0v) is 8.05. The van der Waals surface area contributed by atoms with Crippen LogP contribution in [0.1, 0.15) is 13.3 Å². The van der Waals surface area contributed by atoms with Crippen LogP contribution < -0.4 is 0 Å². The molecule has 1 atom stereocenters. The van der Waals surface area contributed by atoms with Gasteiger partial charge in [-0.15, -0.1) is 0 Å². The van der Waals surface area contributed by atoms with Crippen LogP contribution in [0.4, 0.5) is 0 Å². The lowest BCUT2D eigenvalue weighted by Gasteiger charge is -2.31. The molecule has 0 radical (unpaired) electrons. The van der Waals surface area contributed by atoms with Crippen LogP contribution in [0.15, 0.2) is 0 Å². The molecule has 66 valence electrons. The quantitative estimate of drug-likeness (QED) is 0.447. The highest BCUT2D eigenvalue weighted by Gasteiger charge is 2.30. The Morgan fingerprint density at radius 2 is 1.91 bits per heavy atom. The molecule has 0 fully saturated rings. The van der Waals surface area contributed by atoms with Crippen LogP contribution in [-0.2, 0) is 9.53 Å². The van der Waals surface area contributed by atoms with E-state index >= 15 is 0 Å². The molecular formula is C8H18NO2+. The van der Waals surface area contributed by atoms with E-state index < -0.39 is 0 Å². The molecule has 0 aromatic carbocycles. The number of quaternary nitrogens is 1. The van der Waals surface area contributed by atoms with Gasteiger partial charge >= 0.3 is 5.97 Å². The number of nitrogens with zero attached hydrogens (tertiary/aromatic N) is 1. The molecule has 0 aliphatic heterocycles. The SMILES string of the molecule is CCC(C(=O)OC)[N+](C)(C)C. The van der Waals surface area contributed by atoms with Gasteiger partial charge < -0.3 is 9.22 Å². The van der Waals surface area contributed by atoms with E-state index in [1.807, 2.05) is 28.1 Å². The lowest BCUT2D eigenvalue weighted by molar-refractivity contribution is -0.887. The van der Waals surface area contributed by atoms with Crippen molar-refractivity contribution in [1.29, 1.82) is 0 Å². The van der Waals surface area contributed by atoms with E-state index in [1.165, 1.54) is 7.11 Å². The summed E-state index contributed by atoms with van der Waals surface area (Å²) in [5.41, 5.74) is 0. The number of methoxy groups -OCH3 is 1. The summed E-state index contributed by atoms with van der Waals surface area (Å²) in [7, 11) is 7.40. The Kier molecular flexibility index (Phi) is 3.52. The standard InChI is InChI=1S/C8H18NO2/c1-6-7(8(10)11-5)9(2,3)4/h7H,6H2,1-5H3/q+1. The van der Waals surface area contributed by atoms with Crippen LogP contribution in [0.25, 0.3) is 0 Å². The van der Waals surface area contributed by atoms with Gasteiger partial charge in [0.25, 0.3) is 0 Å². The lowest BCUT2D eigenvalue weighted by Crippen LogP contribution is -2.49. The number of likely N-dealkylation sites (N-methyl/N-ethyl adjacent to an activating group) is 1. The summed E-state index contributed by atoms with van der Waals surface area (Å²) >= 11 is 0. The third kappa shape index (κ3) is 2.89. The van der Waals surface area contributed by atoms with Crippen molar-refractivity contribution < 1.29 is 14.0 Å². The summed E-state index contributed by atoms with van der Waals surface area (Å²) in [4.78, 5) is 11.2. The van der Waals surface area contributed by atoms with Gasteiger partial charge in [0.05, 0.1) is 28.3 Å². The van der Waals surface area contributed by atoms with Crippen LogP contribution in [0.5, 0.6) is 0 Å². The molecule has 0 N–H and O–H groups in total. The molecule has 0 bridgehead atoms. The largest absolute Gasteiger partial charge is 0.465 e. The maximum absolute atomic E-state index is 11.2. The fraction of sp³-hybridized carbons (Fsp3) is 0.875. The van der Waals surface area contributed by atoms with Gasteiger partial charge in [0, 0.05) is 6.42 Å². The van der Waals surface area contributed by atoms with E-state index in [9.17, 15) is 4.79 Å². The lowest BCUT2D eigenvalue weighted by atomic mass is 10.2. The number of ether oxygens (including phenoxy) is 1. The maximum Gasteiger partial charge on any atom is 0.364 e. The van der Waals surface area contributed by atoms with Gasteiger partial charge in [-0.3, -0.25) is 0 Å². The molecule has 0 amide bonds. The predicted octanol–water partition coefficient (Wildman–Crippen LogP) is 0.644. The molecule has 3 nitrogen and oxygen atoms in total. The predicted molar refractivity (Wildman–Crippen MR) is 44.1 cm³/mol. The third-order valence-electron chi connectivity index (χ3n) is 1.79. The van der Waals surface area contributed by atoms with Crippen LogP contribution in [-0.4, -0.2) is 44.7 Å². The van der Waals surface area contributed by atoms with Gasteiger partial charge in [0.2, 0.25) is 0 Å². The first-order valence-corrected chi connectivity index (χ1v) is 3.82. The number of rotatable bonds is 3. The summed E-state index contributed by atoms with van der Waals surface area (Å²) in [6, 6.07) is -0.0417. The monoisotopic (exact) mass is 160 g/mol. The molecule has 0 saturated carbocycles. The van der Waals surface area contributed by atoms with Crippen LogP contribution >= 0.6 is 0 Å². The Morgan fingerprint density at radius 1 is 1.45 bits per heavy atom. The number of carbonyl (C=O) groups is 1. The van der Waals surface area contributed by atoms with Gasteiger partial charge in [0.1, 0.15) is 0 Å². The summed E-state index contributed by atoms with van der Waals surface area (Å²) in [5.74, 6) is -0.125. The second-order valence-corrected chi connectivity index (χ2v) is 3.56. The Balaban J connectivity index is 4.29. The molecule has 0 aliphatic rings. The highest BCUT2D eigenvalue weighted by atomic mass is 16.5. The summed E-state index contributed by atoms with van der Waals surface area (Å²) < 4.78 is 5.30. The summed E-state index contributed by atoms with van der Waals surface area (Å²) in [6.45, 7) is 1.99. The molecule has 0 saturated heterocycles. The minimum atomic E-state index is -0.125. The molecule has 0 aliphatic carbocycles. The van der Waals surface area contributed by atoms with Crippen LogP contribution in [0, 0.1) is 0 Å². The Bertz CT molecular complexity index is 138. The average Bonchev–Trinajstić information content (AvgIpc) is 1.86. The Morgan fingerprint density at radius 3 is 2.00 bits per heavy atom. The minimum Gasteiger partial charge on any atom is -0.465 e. The molecule has 0 heterocycles.